The number of fused-ring (bicyclic) bond motifs is 8. The summed E-state index contributed by atoms with van der Waals surface area (Å²) in [4.78, 5) is 0. The molecule has 0 radical (unpaired) electrons. The highest BCUT2D eigenvalue weighted by molar-refractivity contribution is 7.20. The van der Waals surface area contributed by atoms with Gasteiger partial charge in [0.25, 0.3) is 6.71 Å². The lowest BCUT2D eigenvalue weighted by atomic mass is 9.34. The van der Waals surface area contributed by atoms with Crippen LogP contribution in [0.25, 0.3) is 108 Å². The van der Waals surface area contributed by atoms with Crippen LogP contribution in [0.5, 0.6) is 0 Å². The van der Waals surface area contributed by atoms with Gasteiger partial charge in [-0.3, -0.25) is 0 Å². The fourth-order valence-electron chi connectivity index (χ4n) is 10.4. The number of thiophene rings is 2. The Labute approximate surface area is 322 Å². The molecule has 2 aliphatic rings. The Morgan fingerprint density at radius 2 is 1.00 bits per heavy atom. The van der Waals surface area contributed by atoms with Gasteiger partial charge in [0.15, 0.2) is 0 Å². The Balaban J connectivity index is 1.30. The Morgan fingerprint density at radius 3 is 1.51 bits per heavy atom. The van der Waals surface area contributed by atoms with E-state index in [0.717, 1.165) is 11.1 Å². The van der Waals surface area contributed by atoms with Crippen LogP contribution in [0.4, 0.5) is 0 Å². The van der Waals surface area contributed by atoms with E-state index in [1.54, 1.807) is 0 Å². The summed E-state index contributed by atoms with van der Waals surface area (Å²) in [5.74, 6) is 0. The highest BCUT2D eigenvalue weighted by Gasteiger charge is 2.41. The molecule has 4 aromatic heterocycles. The lowest BCUT2D eigenvalue weighted by Crippen LogP contribution is -2.59. The first-order chi connectivity index (χ1) is 27.2. The summed E-state index contributed by atoms with van der Waals surface area (Å²) in [6.45, 7) is 0.0210. The number of aromatic nitrogens is 2. The Morgan fingerprint density at radius 1 is 0.491 bits per heavy atom. The number of nitriles is 1. The molecule has 0 atom stereocenters. The maximum atomic E-state index is 9.74. The first-order valence-corrected chi connectivity index (χ1v) is 20.4. The van der Waals surface area contributed by atoms with Crippen molar-refractivity contribution in [3.63, 3.8) is 0 Å². The zero-order valence-corrected chi connectivity index (χ0v) is 30.7. The van der Waals surface area contributed by atoms with E-state index in [-0.39, 0.29) is 6.71 Å². The van der Waals surface area contributed by atoms with E-state index in [4.69, 9.17) is 0 Å². The fourth-order valence-corrected chi connectivity index (χ4v) is 12.6. The van der Waals surface area contributed by atoms with Gasteiger partial charge >= 0.3 is 0 Å². The van der Waals surface area contributed by atoms with Gasteiger partial charge in [-0.1, -0.05) is 97.1 Å². The molecule has 0 amide bonds. The summed E-state index contributed by atoms with van der Waals surface area (Å²) in [5, 5.41) is 27.4. The quantitative estimate of drug-likeness (QED) is 0.155. The number of hydrogen-bond donors (Lipinski definition) is 0. The molecule has 0 unspecified atom stereocenters. The molecular weight excluding hydrogens is 706 g/mol. The normalized spacial score (nSPS) is 13.0. The summed E-state index contributed by atoms with van der Waals surface area (Å²) in [7, 11) is 0. The van der Waals surface area contributed by atoms with Crippen LogP contribution in [0.1, 0.15) is 5.56 Å². The molecule has 3 nitrogen and oxygen atoms in total. The summed E-state index contributed by atoms with van der Waals surface area (Å²) in [6.07, 6.45) is 0. The molecule has 0 saturated heterocycles. The van der Waals surface area contributed by atoms with E-state index in [1.165, 1.54) is 113 Å². The third kappa shape index (κ3) is 3.40. The molecule has 0 aliphatic carbocycles. The first kappa shape index (κ1) is 28.8. The number of hydrogen-bond acceptors (Lipinski definition) is 3. The van der Waals surface area contributed by atoms with Gasteiger partial charge in [0, 0.05) is 53.1 Å². The minimum Gasteiger partial charge on any atom is -0.310 e. The summed E-state index contributed by atoms with van der Waals surface area (Å²) < 4.78 is 7.91. The maximum absolute atomic E-state index is 9.74. The SMILES string of the molecule is N#Cc1ccc(-c2cc3c4c(c2)-n2c5cccc6cccc(c7scc8ccc(c2c87)B4c2ccc4csc7c8cccc9cccc(c98)n-3c2c47)c65)cc1. The Kier molecular flexibility index (Phi) is 5.19. The standard InChI is InChI=1S/C49H24BN3S2/c51-23-26-13-15-27(16-14-26)32-21-39-45-40(22-32)53-38-12-4-8-29-6-2-10-34(42(29)38)49-44-31(25-55-49)18-20-36(47(44)53)50(45)35-19-17-30-24-54-48-33-9-1-5-28-7-3-11-37(41(28)33)52(39)46(35)43(30)48/h1-22,24-25H. The molecule has 8 aromatic carbocycles. The molecule has 0 saturated carbocycles. The molecule has 2 aliphatic heterocycles. The predicted octanol–water partition coefficient (Wildman–Crippen LogP) is 11.3. The van der Waals surface area contributed by atoms with Crippen LogP contribution >= 0.6 is 22.7 Å². The second-order valence-corrected chi connectivity index (χ2v) is 16.9. The Hall–Kier alpha value is -6.65. The molecule has 0 bridgehead atoms. The van der Waals surface area contributed by atoms with E-state index in [2.05, 4.69) is 147 Å². The largest absolute Gasteiger partial charge is 0.310 e. The van der Waals surface area contributed by atoms with Gasteiger partial charge in [0.2, 0.25) is 0 Å². The van der Waals surface area contributed by atoms with Gasteiger partial charge in [-0.2, -0.15) is 5.26 Å². The van der Waals surface area contributed by atoms with Crippen LogP contribution in [-0.2, 0) is 0 Å². The summed E-state index contributed by atoms with van der Waals surface area (Å²) >= 11 is 3.73. The van der Waals surface area contributed by atoms with Crippen molar-refractivity contribution < 1.29 is 0 Å². The van der Waals surface area contributed by atoms with Crippen molar-refractivity contribution in [1.29, 1.82) is 5.26 Å². The molecule has 0 spiro atoms. The first-order valence-electron chi connectivity index (χ1n) is 18.7. The highest BCUT2D eigenvalue weighted by atomic mass is 32.1. The lowest BCUT2D eigenvalue weighted by molar-refractivity contribution is 1.14. The van der Waals surface area contributed by atoms with Crippen molar-refractivity contribution >= 4 is 131 Å². The van der Waals surface area contributed by atoms with Crippen LogP contribution in [0, 0.1) is 11.3 Å². The van der Waals surface area contributed by atoms with Crippen LogP contribution in [0.15, 0.2) is 144 Å². The minimum atomic E-state index is 0.0210. The van der Waals surface area contributed by atoms with E-state index >= 15 is 0 Å². The number of benzene rings is 8. The smallest absolute Gasteiger partial charge is 0.252 e. The van der Waals surface area contributed by atoms with Crippen molar-refractivity contribution in [1.82, 2.24) is 9.13 Å². The van der Waals surface area contributed by atoms with Gasteiger partial charge < -0.3 is 9.13 Å². The Bertz CT molecular complexity index is 3570. The summed E-state index contributed by atoms with van der Waals surface area (Å²) in [5.41, 5.74) is 14.4. The third-order valence-corrected chi connectivity index (χ3v) is 14.7. The van der Waals surface area contributed by atoms with Crippen LogP contribution < -0.4 is 16.4 Å². The zero-order chi connectivity index (χ0) is 35.7. The minimum absolute atomic E-state index is 0.0210. The average molecular weight is 730 g/mol. The van der Waals surface area contributed by atoms with Crippen LogP contribution in [-0.4, -0.2) is 15.8 Å². The lowest BCUT2D eigenvalue weighted by Gasteiger charge is -2.36. The second-order valence-electron chi connectivity index (χ2n) is 15.1. The van der Waals surface area contributed by atoms with Crippen LogP contribution in [0.3, 0.4) is 0 Å². The van der Waals surface area contributed by atoms with Gasteiger partial charge in [-0.05, 0) is 96.2 Å². The van der Waals surface area contributed by atoms with E-state index in [1.807, 2.05) is 34.8 Å². The van der Waals surface area contributed by atoms with E-state index in [9.17, 15) is 5.26 Å². The van der Waals surface area contributed by atoms with Gasteiger partial charge in [0.1, 0.15) is 0 Å². The average Bonchev–Trinajstić information content (AvgIpc) is 3.82. The predicted molar refractivity (Wildman–Crippen MR) is 236 cm³/mol. The number of nitrogens with zero attached hydrogens (tertiary/aromatic N) is 3. The highest BCUT2D eigenvalue weighted by Crippen LogP contribution is 2.46. The molecule has 6 heteroatoms. The molecule has 0 fully saturated rings. The monoisotopic (exact) mass is 729 g/mol. The van der Waals surface area contributed by atoms with E-state index in [0.29, 0.717) is 5.56 Å². The molecule has 12 aromatic rings. The van der Waals surface area contributed by atoms with Crippen molar-refractivity contribution in [2.75, 3.05) is 0 Å². The van der Waals surface area contributed by atoms with Gasteiger partial charge in [-0.15, -0.1) is 22.7 Å². The fraction of sp³-hybridized carbons (Fsp3) is 0. The van der Waals surface area contributed by atoms with Crippen molar-refractivity contribution in [2.45, 2.75) is 0 Å². The van der Waals surface area contributed by atoms with Crippen molar-refractivity contribution in [2.24, 2.45) is 0 Å². The zero-order valence-electron chi connectivity index (χ0n) is 29.1. The molecule has 250 valence electrons. The maximum Gasteiger partial charge on any atom is 0.252 e. The molecule has 14 rings (SSSR count). The van der Waals surface area contributed by atoms with Crippen molar-refractivity contribution in [3.05, 3.63) is 150 Å². The topological polar surface area (TPSA) is 33.6 Å². The van der Waals surface area contributed by atoms with Gasteiger partial charge in [-0.25, -0.2) is 0 Å². The second kappa shape index (κ2) is 9.91. The number of rotatable bonds is 1. The molecular formula is C49H24BN3S2. The molecule has 0 N–H and O–H groups in total. The van der Waals surface area contributed by atoms with E-state index < -0.39 is 0 Å². The third-order valence-electron chi connectivity index (χ3n) is 12.6. The van der Waals surface area contributed by atoms with Gasteiger partial charge in [0.05, 0.1) is 33.7 Å². The molecule has 55 heavy (non-hydrogen) atoms. The van der Waals surface area contributed by atoms with Crippen molar-refractivity contribution in [3.8, 4) is 28.6 Å². The molecule has 6 heterocycles. The summed E-state index contributed by atoms with van der Waals surface area (Å²) in [6, 6.07) is 52.1. The van der Waals surface area contributed by atoms with Crippen LogP contribution in [0.2, 0.25) is 0 Å².